The largest absolute Gasteiger partial charge is 0.497 e. The molecule has 1 fully saturated rings. The predicted molar refractivity (Wildman–Crippen MR) is 108 cm³/mol. The van der Waals surface area contributed by atoms with E-state index in [1.54, 1.807) is 31.4 Å². The number of rotatable bonds is 7. The first kappa shape index (κ1) is 20.4. The van der Waals surface area contributed by atoms with Crippen molar-refractivity contribution in [3.05, 3.63) is 64.7 Å². The minimum Gasteiger partial charge on any atom is -0.497 e. The van der Waals surface area contributed by atoms with Gasteiger partial charge in [0, 0.05) is 11.6 Å². The second-order valence-corrected chi connectivity index (χ2v) is 8.83. The van der Waals surface area contributed by atoms with E-state index in [1.165, 1.54) is 4.90 Å². The zero-order valence-electron chi connectivity index (χ0n) is 15.6. The molecule has 2 N–H and O–H groups in total. The number of urea groups is 1. The summed E-state index contributed by atoms with van der Waals surface area (Å²) in [5.74, 6) is 0.747. The number of ether oxygens (including phenoxy) is 1. The Balaban J connectivity index is 1.92. The maximum absolute atomic E-state index is 12.6. The number of hydrogen-bond acceptors (Lipinski definition) is 4. The maximum atomic E-state index is 12.6. The third-order valence-electron chi connectivity index (χ3n) is 4.66. The summed E-state index contributed by atoms with van der Waals surface area (Å²) < 4.78 is 32.0. The van der Waals surface area contributed by atoms with Crippen molar-refractivity contribution in [1.82, 2.24) is 14.9 Å². The number of nitrogens with one attached hydrogen (secondary N) is 2. The molecule has 1 atom stereocenters. The molecule has 0 aromatic heterocycles. The van der Waals surface area contributed by atoms with Crippen LogP contribution in [0.2, 0.25) is 5.02 Å². The molecule has 7 nitrogen and oxygen atoms in total. The summed E-state index contributed by atoms with van der Waals surface area (Å²) in [5.41, 5.74) is 0.419. The topological polar surface area (TPSA) is 87.7 Å². The van der Waals surface area contributed by atoms with Crippen LogP contribution in [-0.4, -0.2) is 45.8 Å². The van der Waals surface area contributed by atoms with Crippen LogP contribution >= 0.6 is 11.6 Å². The van der Waals surface area contributed by atoms with Crippen LogP contribution in [-0.2, 0) is 22.1 Å². The van der Waals surface area contributed by atoms with Crippen molar-refractivity contribution in [2.75, 3.05) is 26.5 Å². The second-order valence-electron chi connectivity index (χ2n) is 6.65. The van der Waals surface area contributed by atoms with Crippen LogP contribution in [0.4, 0.5) is 4.79 Å². The third-order valence-corrected chi connectivity index (χ3v) is 5.62. The number of sulfonamides is 1. The summed E-state index contributed by atoms with van der Waals surface area (Å²) in [4.78, 5) is 14.1. The monoisotopic (exact) mass is 423 g/mol. The van der Waals surface area contributed by atoms with Gasteiger partial charge < -0.3 is 10.1 Å². The molecule has 1 aliphatic rings. The van der Waals surface area contributed by atoms with Crippen LogP contribution < -0.4 is 14.8 Å². The average molecular weight is 424 g/mol. The lowest BCUT2D eigenvalue weighted by molar-refractivity contribution is 0.147. The van der Waals surface area contributed by atoms with Gasteiger partial charge >= 0.3 is 6.03 Å². The lowest BCUT2D eigenvalue weighted by Gasteiger charge is -2.37. The summed E-state index contributed by atoms with van der Waals surface area (Å²) in [5, 5.41) is 3.29. The van der Waals surface area contributed by atoms with Gasteiger partial charge in [0.15, 0.2) is 5.66 Å². The van der Waals surface area contributed by atoms with Crippen molar-refractivity contribution in [3.63, 3.8) is 0 Å². The highest BCUT2D eigenvalue weighted by Gasteiger charge is 2.48. The number of halogens is 1. The Morgan fingerprint density at radius 2 is 1.82 bits per heavy atom. The van der Waals surface area contributed by atoms with Gasteiger partial charge in [0.25, 0.3) is 0 Å². The molecule has 28 heavy (non-hydrogen) atoms. The van der Waals surface area contributed by atoms with E-state index < -0.39 is 15.7 Å². The van der Waals surface area contributed by atoms with Crippen LogP contribution in [0.5, 0.6) is 5.75 Å². The zero-order valence-corrected chi connectivity index (χ0v) is 17.2. The lowest BCUT2D eigenvalue weighted by atomic mass is 9.99. The first-order valence-corrected chi connectivity index (χ1v) is 10.9. The molecule has 0 aliphatic carbocycles. The van der Waals surface area contributed by atoms with E-state index in [9.17, 15) is 13.2 Å². The van der Waals surface area contributed by atoms with Crippen LogP contribution in [0.15, 0.2) is 48.5 Å². The number of methoxy groups -OCH3 is 1. The van der Waals surface area contributed by atoms with E-state index in [0.29, 0.717) is 23.6 Å². The lowest BCUT2D eigenvalue weighted by Crippen LogP contribution is -2.57. The molecule has 3 rings (SSSR count). The van der Waals surface area contributed by atoms with E-state index in [0.717, 1.165) is 17.6 Å². The van der Waals surface area contributed by atoms with Crippen molar-refractivity contribution < 1.29 is 17.9 Å². The summed E-state index contributed by atoms with van der Waals surface area (Å²) in [7, 11) is -2.01. The summed E-state index contributed by atoms with van der Waals surface area (Å²) in [6.45, 7) is 0.437. The van der Waals surface area contributed by atoms with Gasteiger partial charge in [-0.25, -0.2) is 13.2 Å². The fourth-order valence-corrected chi connectivity index (χ4v) is 4.37. The van der Waals surface area contributed by atoms with Gasteiger partial charge in [0.2, 0.25) is 10.0 Å². The fourth-order valence-electron chi connectivity index (χ4n) is 3.33. The van der Waals surface area contributed by atoms with Gasteiger partial charge in [0.05, 0.1) is 19.9 Å². The van der Waals surface area contributed by atoms with Gasteiger partial charge in [-0.2, -0.15) is 4.72 Å². The minimum absolute atomic E-state index is 0.114. The number of hydrogen-bond donors (Lipinski definition) is 2. The first-order valence-electron chi connectivity index (χ1n) is 8.67. The van der Waals surface area contributed by atoms with Crippen molar-refractivity contribution in [2.24, 2.45) is 0 Å². The Bertz CT molecular complexity index is 948. The average Bonchev–Trinajstić information content (AvgIpc) is 2.96. The molecule has 1 unspecified atom stereocenters. The van der Waals surface area contributed by atoms with Gasteiger partial charge in [-0.3, -0.25) is 4.90 Å². The Morgan fingerprint density at radius 1 is 1.18 bits per heavy atom. The third kappa shape index (κ3) is 4.40. The summed E-state index contributed by atoms with van der Waals surface area (Å²) in [6, 6.07) is 14.0. The fraction of sp³-hybridized carbons (Fsp3) is 0.316. The van der Waals surface area contributed by atoms with Gasteiger partial charge in [-0.15, -0.1) is 0 Å². The molecule has 1 heterocycles. The van der Waals surface area contributed by atoms with Gasteiger partial charge in [-0.1, -0.05) is 35.9 Å². The Kier molecular flexibility index (Phi) is 5.83. The van der Waals surface area contributed by atoms with Crippen LogP contribution in [0.1, 0.15) is 11.1 Å². The molecule has 9 heteroatoms. The highest BCUT2D eigenvalue weighted by atomic mass is 35.5. The number of amides is 2. The highest BCUT2D eigenvalue weighted by Crippen LogP contribution is 2.31. The number of carbonyl (C=O) groups is 1. The zero-order chi connectivity index (χ0) is 20.4. The molecule has 1 saturated heterocycles. The summed E-state index contributed by atoms with van der Waals surface area (Å²) >= 11 is 5.98. The van der Waals surface area contributed by atoms with E-state index in [-0.39, 0.29) is 12.6 Å². The Labute approximate surface area is 169 Å². The van der Waals surface area contributed by atoms with Gasteiger partial charge in [-0.05, 0) is 41.8 Å². The van der Waals surface area contributed by atoms with Crippen molar-refractivity contribution in [3.8, 4) is 5.75 Å². The molecular weight excluding hydrogens is 402 g/mol. The van der Waals surface area contributed by atoms with Crippen molar-refractivity contribution >= 4 is 27.7 Å². The highest BCUT2D eigenvalue weighted by molar-refractivity contribution is 7.88. The quantitative estimate of drug-likeness (QED) is 0.715. The standard InChI is InChI=1S/C19H22ClN3O4S/c1-27-17-9-3-14(4-10-17)11-12-23-18(24)21-13-19(23,22-28(2,25)26)15-5-7-16(20)8-6-15/h3-10,22H,11-13H2,1-2H3,(H,21,24). The molecule has 150 valence electrons. The molecule has 2 aromatic carbocycles. The van der Waals surface area contributed by atoms with E-state index in [4.69, 9.17) is 16.3 Å². The second kappa shape index (κ2) is 7.98. The van der Waals surface area contributed by atoms with Crippen LogP contribution in [0.3, 0.4) is 0 Å². The molecule has 1 aliphatic heterocycles. The molecule has 2 aromatic rings. The van der Waals surface area contributed by atoms with Crippen LogP contribution in [0.25, 0.3) is 0 Å². The summed E-state index contributed by atoms with van der Waals surface area (Å²) in [6.07, 6.45) is 1.63. The molecule has 0 bridgehead atoms. The van der Waals surface area contributed by atoms with E-state index in [2.05, 4.69) is 10.0 Å². The number of nitrogens with zero attached hydrogens (tertiary/aromatic N) is 1. The normalized spacial score (nSPS) is 19.5. The Hall–Kier alpha value is -2.29. The molecule has 0 spiro atoms. The minimum atomic E-state index is -3.61. The van der Waals surface area contributed by atoms with Crippen molar-refractivity contribution in [2.45, 2.75) is 12.1 Å². The van der Waals surface area contributed by atoms with E-state index >= 15 is 0 Å². The number of carbonyl (C=O) groups excluding carboxylic acids is 1. The van der Waals surface area contributed by atoms with Crippen molar-refractivity contribution in [1.29, 1.82) is 0 Å². The Morgan fingerprint density at radius 3 is 2.39 bits per heavy atom. The molecule has 0 radical (unpaired) electrons. The maximum Gasteiger partial charge on any atom is 0.319 e. The molecule has 0 saturated carbocycles. The molecular formula is C19H22ClN3O4S. The SMILES string of the molecule is COc1ccc(CCN2C(=O)NCC2(NS(C)(=O)=O)c2ccc(Cl)cc2)cc1. The smallest absolute Gasteiger partial charge is 0.319 e. The van der Waals surface area contributed by atoms with E-state index in [1.807, 2.05) is 24.3 Å². The van der Waals surface area contributed by atoms with Crippen LogP contribution in [0, 0.1) is 0 Å². The molecule has 2 amide bonds. The van der Waals surface area contributed by atoms with Gasteiger partial charge in [0.1, 0.15) is 5.75 Å². The number of benzene rings is 2. The first-order chi connectivity index (χ1) is 13.2. The predicted octanol–water partition coefficient (Wildman–Crippen LogP) is 2.32.